The van der Waals surface area contributed by atoms with E-state index in [9.17, 15) is 0 Å². The molecule has 18 heavy (non-hydrogen) atoms. The van der Waals surface area contributed by atoms with Crippen molar-refractivity contribution in [3.05, 3.63) is 23.4 Å². The summed E-state index contributed by atoms with van der Waals surface area (Å²) in [6.45, 7) is 2.52. The van der Waals surface area contributed by atoms with Gasteiger partial charge in [0, 0.05) is 17.7 Å². The summed E-state index contributed by atoms with van der Waals surface area (Å²) in [4.78, 5) is 4.33. The Morgan fingerprint density at radius 1 is 1.44 bits per heavy atom. The lowest BCUT2D eigenvalue weighted by atomic mass is 9.86. The van der Waals surface area contributed by atoms with Crippen molar-refractivity contribution in [2.24, 2.45) is 11.7 Å². The summed E-state index contributed by atoms with van der Waals surface area (Å²) >= 11 is 0. The molecule has 1 aromatic rings. The van der Waals surface area contributed by atoms with Crippen LogP contribution in [0.1, 0.15) is 36.9 Å². The van der Waals surface area contributed by atoms with Crippen LogP contribution < -0.4 is 10.5 Å². The van der Waals surface area contributed by atoms with Crippen molar-refractivity contribution in [3.63, 3.8) is 0 Å². The predicted molar refractivity (Wildman–Crippen MR) is 69.1 cm³/mol. The smallest absolute Gasteiger partial charge is 0.215 e. The molecule has 0 radical (unpaired) electrons. The summed E-state index contributed by atoms with van der Waals surface area (Å²) in [5.41, 5.74) is 7.18. The van der Waals surface area contributed by atoms with E-state index in [1.54, 1.807) is 12.1 Å². The second-order valence-electron chi connectivity index (χ2n) is 4.88. The molecule has 96 valence electrons. The molecule has 0 amide bonds. The van der Waals surface area contributed by atoms with E-state index in [1.807, 2.05) is 6.92 Å². The Bertz CT molecular complexity index is 453. The number of nitrogens with two attached hydrogens (primary N) is 1. The standard InChI is InChI=1S/C14H19N3O/c1-10-6-11(8-15)7-14(17-10)18-13-5-3-2-4-12(13)9-16/h6-7,12-13H,2-5,9,16H2,1H3. The molecule has 0 aliphatic heterocycles. The Hall–Kier alpha value is -1.60. The third kappa shape index (κ3) is 2.99. The van der Waals surface area contributed by atoms with Crippen LogP contribution in [0.25, 0.3) is 0 Å². The van der Waals surface area contributed by atoms with Crippen LogP contribution in [0.4, 0.5) is 0 Å². The molecule has 4 heteroatoms. The van der Waals surface area contributed by atoms with Crippen molar-refractivity contribution in [2.45, 2.75) is 38.7 Å². The molecule has 2 atom stereocenters. The minimum atomic E-state index is 0.143. The van der Waals surface area contributed by atoms with Gasteiger partial charge in [-0.2, -0.15) is 5.26 Å². The van der Waals surface area contributed by atoms with Crippen LogP contribution in [0.2, 0.25) is 0 Å². The Morgan fingerprint density at radius 2 is 2.22 bits per heavy atom. The lowest BCUT2D eigenvalue weighted by molar-refractivity contribution is 0.0921. The molecule has 4 nitrogen and oxygen atoms in total. The molecule has 0 spiro atoms. The number of hydrogen-bond acceptors (Lipinski definition) is 4. The van der Waals surface area contributed by atoms with Crippen LogP contribution in [0, 0.1) is 24.2 Å². The van der Waals surface area contributed by atoms with Crippen LogP contribution in [-0.4, -0.2) is 17.6 Å². The lowest BCUT2D eigenvalue weighted by Crippen LogP contribution is -2.35. The molecular formula is C14H19N3O. The van der Waals surface area contributed by atoms with E-state index in [4.69, 9.17) is 15.7 Å². The van der Waals surface area contributed by atoms with Crippen molar-refractivity contribution in [3.8, 4) is 11.9 Å². The fourth-order valence-corrected chi connectivity index (χ4v) is 2.52. The first kappa shape index (κ1) is 12.8. The van der Waals surface area contributed by atoms with Crippen LogP contribution in [0.3, 0.4) is 0 Å². The molecule has 1 fully saturated rings. The van der Waals surface area contributed by atoms with E-state index < -0.39 is 0 Å². The van der Waals surface area contributed by atoms with Crippen molar-refractivity contribution in [1.82, 2.24) is 4.98 Å². The number of aromatic nitrogens is 1. The zero-order valence-electron chi connectivity index (χ0n) is 10.7. The van der Waals surface area contributed by atoms with Crippen LogP contribution in [0.15, 0.2) is 12.1 Å². The highest BCUT2D eigenvalue weighted by molar-refractivity contribution is 5.34. The molecular weight excluding hydrogens is 226 g/mol. The van der Waals surface area contributed by atoms with Gasteiger partial charge in [0.1, 0.15) is 6.10 Å². The van der Waals surface area contributed by atoms with E-state index in [1.165, 1.54) is 12.8 Å². The van der Waals surface area contributed by atoms with Gasteiger partial charge in [-0.25, -0.2) is 4.98 Å². The Labute approximate surface area is 108 Å². The fourth-order valence-electron chi connectivity index (χ4n) is 2.52. The van der Waals surface area contributed by atoms with Crippen molar-refractivity contribution >= 4 is 0 Å². The molecule has 1 aliphatic rings. The molecule has 0 bridgehead atoms. The third-order valence-electron chi connectivity index (χ3n) is 3.47. The van der Waals surface area contributed by atoms with Crippen molar-refractivity contribution in [2.75, 3.05) is 6.54 Å². The number of aryl methyl sites for hydroxylation is 1. The molecule has 0 saturated heterocycles. The van der Waals surface area contributed by atoms with E-state index in [-0.39, 0.29) is 6.10 Å². The van der Waals surface area contributed by atoms with Gasteiger partial charge in [0.05, 0.1) is 11.6 Å². The lowest BCUT2D eigenvalue weighted by Gasteiger charge is -2.30. The summed E-state index contributed by atoms with van der Waals surface area (Å²) in [6, 6.07) is 5.59. The van der Waals surface area contributed by atoms with Gasteiger partial charge in [-0.05, 0) is 38.8 Å². The van der Waals surface area contributed by atoms with Gasteiger partial charge < -0.3 is 10.5 Å². The number of nitriles is 1. The molecule has 1 aliphatic carbocycles. The van der Waals surface area contributed by atoms with E-state index >= 15 is 0 Å². The molecule has 2 N–H and O–H groups in total. The third-order valence-corrected chi connectivity index (χ3v) is 3.47. The maximum Gasteiger partial charge on any atom is 0.215 e. The number of pyridine rings is 1. The minimum absolute atomic E-state index is 0.143. The first-order valence-corrected chi connectivity index (χ1v) is 6.48. The van der Waals surface area contributed by atoms with Crippen LogP contribution in [-0.2, 0) is 0 Å². The average Bonchev–Trinajstić information content (AvgIpc) is 2.38. The van der Waals surface area contributed by atoms with Crippen LogP contribution in [0.5, 0.6) is 5.88 Å². The molecule has 2 rings (SSSR count). The zero-order valence-corrected chi connectivity index (χ0v) is 10.7. The minimum Gasteiger partial charge on any atom is -0.474 e. The highest BCUT2D eigenvalue weighted by Crippen LogP contribution is 2.27. The zero-order chi connectivity index (χ0) is 13.0. The predicted octanol–water partition coefficient (Wildman–Crippen LogP) is 2.16. The van der Waals surface area contributed by atoms with Gasteiger partial charge in [-0.1, -0.05) is 6.42 Å². The molecule has 1 saturated carbocycles. The molecule has 2 unspecified atom stereocenters. The number of nitrogens with zero attached hydrogens (tertiary/aromatic N) is 2. The van der Waals surface area contributed by atoms with Gasteiger partial charge in [0.2, 0.25) is 5.88 Å². The maximum absolute atomic E-state index is 8.94. The first-order valence-electron chi connectivity index (χ1n) is 6.48. The maximum atomic E-state index is 8.94. The van der Waals surface area contributed by atoms with Gasteiger partial charge in [-0.3, -0.25) is 0 Å². The van der Waals surface area contributed by atoms with Crippen molar-refractivity contribution < 1.29 is 4.74 Å². The average molecular weight is 245 g/mol. The second-order valence-corrected chi connectivity index (χ2v) is 4.88. The SMILES string of the molecule is Cc1cc(C#N)cc(OC2CCCCC2CN)n1. The topological polar surface area (TPSA) is 71.9 Å². The summed E-state index contributed by atoms with van der Waals surface area (Å²) in [7, 11) is 0. The number of hydrogen-bond donors (Lipinski definition) is 1. The summed E-state index contributed by atoms with van der Waals surface area (Å²) < 4.78 is 5.94. The largest absolute Gasteiger partial charge is 0.474 e. The fraction of sp³-hybridized carbons (Fsp3) is 0.571. The summed E-state index contributed by atoms with van der Waals surface area (Å²) in [5, 5.41) is 8.94. The Kier molecular flexibility index (Phi) is 4.16. The molecule has 1 aromatic heterocycles. The summed E-state index contributed by atoms with van der Waals surface area (Å²) in [5.74, 6) is 0.962. The Morgan fingerprint density at radius 3 is 2.94 bits per heavy atom. The quantitative estimate of drug-likeness (QED) is 0.885. The first-order chi connectivity index (χ1) is 8.72. The van der Waals surface area contributed by atoms with Gasteiger partial charge >= 0.3 is 0 Å². The highest BCUT2D eigenvalue weighted by Gasteiger charge is 2.26. The molecule has 0 aromatic carbocycles. The van der Waals surface area contributed by atoms with E-state index in [2.05, 4.69) is 11.1 Å². The summed E-state index contributed by atoms with van der Waals surface area (Å²) in [6.07, 6.45) is 4.70. The van der Waals surface area contributed by atoms with Gasteiger partial charge in [0.15, 0.2) is 0 Å². The van der Waals surface area contributed by atoms with Gasteiger partial charge in [0.25, 0.3) is 0 Å². The van der Waals surface area contributed by atoms with Crippen molar-refractivity contribution in [1.29, 1.82) is 5.26 Å². The van der Waals surface area contributed by atoms with Crippen LogP contribution >= 0.6 is 0 Å². The number of ether oxygens (including phenoxy) is 1. The van der Waals surface area contributed by atoms with E-state index in [0.29, 0.717) is 23.9 Å². The second kappa shape index (κ2) is 5.83. The highest BCUT2D eigenvalue weighted by atomic mass is 16.5. The normalized spacial score (nSPS) is 23.4. The number of rotatable bonds is 3. The Balaban J connectivity index is 2.12. The van der Waals surface area contributed by atoms with Gasteiger partial charge in [-0.15, -0.1) is 0 Å². The monoisotopic (exact) mass is 245 g/mol. The molecule has 1 heterocycles. The van der Waals surface area contributed by atoms with E-state index in [0.717, 1.165) is 18.5 Å².